The third-order valence-corrected chi connectivity index (χ3v) is 3.96. The normalized spacial score (nSPS) is 32.7. The van der Waals surface area contributed by atoms with Gasteiger partial charge in [0.05, 0.1) is 6.04 Å². The Bertz CT molecular complexity index is 244. The number of nitrogens with one attached hydrogen (secondary N) is 2. The lowest BCUT2D eigenvalue weighted by molar-refractivity contribution is -0.123. The van der Waals surface area contributed by atoms with Crippen LogP contribution in [0.2, 0.25) is 0 Å². The van der Waals surface area contributed by atoms with E-state index in [1.54, 1.807) is 0 Å². The molecule has 1 amide bonds. The van der Waals surface area contributed by atoms with Gasteiger partial charge in [-0.05, 0) is 50.6 Å². The van der Waals surface area contributed by atoms with E-state index in [-0.39, 0.29) is 11.9 Å². The maximum absolute atomic E-state index is 11.9. The molecule has 0 bridgehead atoms. The lowest BCUT2D eigenvalue weighted by Crippen LogP contribution is -2.44. The van der Waals surface area contributed by atoms with E-state index in [0.717, 1.165) is 31.8 Å². The molecule has 3 unspecified atom stereocenters. The summed E-state index contributed by atoms with van der Waals surface area (Å²) in [6.07, 6.45) is 5.80. The molecule has 1 saturated heterocycles. The quantitative estimate of drug-likeness (QED) is 0.587. The zero-order valence-electron chi connectivity index (χ0n) is 9.87. The summed E-state index contributed by atoms with van der Waals surface area (Å²) in [7, 11) is 0. The Morgan fingerprint density at radius 2 is 2.25 bits per heavy atom. The molecule has 3 atom stereocenters. The second-order valence-corrected chi connectivity index (χ2v) is 5.03. The predicted octanol–water partition coefficient (Wildman–Crippen LogP) is 0.230. The van der Waals surface area contributed by atoms with Crippen molar-refractivity contribution in [2.24, 2.45) is 17.6 Å². The van der Waals surface area contributed by atoms with Crippen LogP contribution in [0.3, 0.4) is 0 Å². The van der Waals surface area contributed by atoms with E-state index in [4.69, 9.17) is 5.73 Å². The van der Waals surface area contributed by atoms with Crippen LogP contribution >= 0.6 is 0 Å². The van der Waals surface area contributed by atoms with Crippen LogP contribution in [0.15, 0.2) is 0 Å². The Balaban J connectivity index is 1.72. The molecule has 2 fully saturated rings. The van der Waals surface area contributed by atoms with Gasteiger partial charge in [-0.2, -0.15) is 0 Å². The third kappa shape index (κ3) is 2.55. The summed E-state index contributed by atoms with van der Waals surface area (Å²) >= 11 is 0. The molecule has 0 spiro atoms. The van der Waals surface area contributed by atoms with Gasteiger partial charge in [-0.1, -0.05) is 6.42 Å². The van der Waals surface area contributed by atoms with Gasteiger partial charge < -0.3 is 16.4 Å². The number of hydrogen-bond acceptors (Lipinski definition) is 3. The molecule has 1 saturated carbocycles. The molecular weight excluding hydrogens is 202 g/mol. The van der Waals surface area contributed by atoms with Gasteiger partial charge in [0.25, 0.3) is 0 Å². The first-order valence-electron chi connectivity index (χ1n) is 6.54. The molecule has 1 aliphatic carbocycles. The molecule has 2 rings (SSSR count). The van der Waals surface area contributed by atoms with Gasteiger partial charge in [0.15, 0.2) is 0 Å². The van der Waals surface area contributed by atoms with E-state index in [9.17, 15) is 4.79 Å². The first kappa shape index (κ1) is 11.9. The molecule has 4 N–H and O–H groups in total. The summed E-state index contributed by atoms with van der Waals surface area (Å²) in [6, 6.07) is 0.0744. The minimum atomic E-state index is 0.0744. The highest BCUT2D eigenvalue weighted by Crippen LogP contribution is 2.37. The first-order valence-corrected chi connectivity index (χ1v) is 6.54. The average Bonchev–Trinajstić information content (AvgIpc) is 2.85. The van der Waals surface area contributed by atoms with Crippen molar-refractivity contribution in [3.05, 3.63) is 0 Å². The fourth-order valence-corrected chi connectivity index (χ4v) is 3.07. The van der Waals surface area contributed by atoms with Crippen LogP contribution in [0.25, 0.3) is 0 Å². The predicted molar refractivity (Wildman–Crippen MR) is 63.9 cm³/mol. The Kier molecular flexibility index (Phi) is 4.18. The fourth-order valence-electron chi connectivity index (χ4n) is 3.07. The van der Waals surface area contributed by atoms with Gasteiger partial charge in [0.2, 0.25) is 5.91 Å². The molecule has 2 aliphatic rings. The maximum Gasteiger partial charge on any atom is 0.237 e. The van der Waals surface area contributed by atoms with Crippen molar-refractivity contribution in [2.45, 2.75) is 38.1 Å². The van der Waals surface area contributed by atoms with Crippen LogP contribution in [-0.2, 0) is 4.79 Å². The fraction of sp³-hybridized carbons (Fsp3) is 0.917. The zero-order valence-corrected chi connectivity index (χ0v) is 9.87. The van der Waals surface area contributed by atoms with E-state index in [1.807, 2.05) is 0 Å². The van der Waals surface area contributed by atoms with Crippen molar-refractivity contribution in [3.8, 4) is 0 Å². The Morgan fingerprint density at radius 1 is 1.38 bits per heavy atom. The molecule has 92 valence electrons. The molecule has 1 heterocycles. The third-order valence-electron chi connectivity index (χ3n) is 3.96. The van der Waals surface area contributed by atoms with Crippen LogP contribution in [0.4, 0.5) is 0 Å². The van der Waals surface area contributed by atoms with Gasteiger partial charge >= 0.3 is 0 Å². The lowest BCUT2D eigenvalue weighted by Gasteiger charge is -2.17. The van der Waals surface area contributed by atoms with Crippen molar-refractivity contribution in [2.75, 3.05) is 19.6 Å². The van der Waals surface area contributed by atoms with Crippen LogP contribution in [0.5, 0.6) is 0 Å². The summed E-state index contributed by atoms with van der Waals surface area (Å²) in [4.78, 5) is 11.9. The topological polar surface area (TPSA) is 67.1 Å². The number of unbranched alkanes of at least 4 members (excludes halogenated alkanes) is 1. The minimum Gasteiger partial charge on any atom is -0.355 e. The SMILES string of the molecule is NCCCCNC(=O)C1NCC2CCCC21. The monoisotopic (exact) mass is 225 g/mol. The van der Waals surface area contributed by atoms with E-state index < -0.39 is 0 Å². The van der Waals surface area contributed by atoms with Gasteiger partial charge in [0, 0.05) is 6.54 Å². The number of hydrogen-bond donors (Lipinski definition) is 3. The summed E-state index contributed by atoms with van der Waals surface area (Å²) in [5.74, 6) is 1.54. The number of carbonyl (C=O) groups excluding carboxylic acids is 1. The van der Waals surface area contributed by atoms with Crippen molar-refractivity contribution in [3.63, 3.8) is 0 Å². The average molecular weight is 225 g/mol. The molecule has 1 aliphatic heterocycles. The van der Waals surface area contributed by atoms with Crippen LogP contribution in [-0.4, -0.2) is 31.6 Å². The lowest BCUT2D eigenvalue weighted by atomic mass is 9.93. The summed E-state index contributed by atoms with van der Waals surface area (Å²) in [5.41, 5.74) is 5.41. The van der Waals surface area contributed by atoms with E-state index in [1.165, 1.54) is 19.3 Å². The number of amides is 1. The van der Waals surface area contributed by atoms with E-state index in [0.29, 0.717) is 12.5 Å². The van der Waals surface area contributed by atoms with Crippen molar-refractivity contribution < 1.29 is 4.79 Å². The smallest absolute Gasteiger partial charge is 0.237 e. The molecule has 0 aromatic carbocycles. The molecule has 4 heteroatoms. The van der Waals surface area contributed by atoms with Gasteiger partial charge in [-0.15, -0.1) is 0 Å². The molecular formula is C12H23N3O. The Hall–Kier alpha value is -0.610. The van der Waals surface area contributed by atoms with Crippen LogP contribution in [0, 0.1) is 11.8 Å². The van der Waals surface area contributed by atoms with Crippen molar-refractivity contribution in [1.29, 1.82) is 0 Å². The zero-order chi connectivity index (χ0) is 11.4. The molecule has 4 nitrogen and oxygen atoms in total. The first-order chi connectivity index (χ1) is 7.83. The molecule has 0 radical (unpaired) electrons. The molecule has 16 heavy (non-hydrogen) atoms. The van der Waals surface area contributed by atoms with Crippen molar-refractivity contribution in [1.82, 2.24) is 10.6 Å². The molecule has 0 aromatic heterocycles. The number of carbonyl (C=O) groups is 1. The highest BCUT2D eigenvalue weighted by atomic mass is 16.2. The Labute approximate surface area is 97.3 Å². The van der Waals surface area contributed by atoms with E-state index >= 15 is 0 Å². The van der Waals surface area contributed by atoms with E-state index in [2.05, 4.69) is 10.6 Å². The maximum atomic E-state index is 11.9. The second-order valence-electron chi connectivity index (χ2n) is 5.03. The summed E-state index contributed by atoms with van der Waals surface area (Å²) in [5, 5.41) is 6.38. The Morgan fingerprint density at radius 3 is 3.06 bits per heavy atom. The van der Waals surface area contributed by atoms with Gasteiger partial charge in [0.1, 0.15) is 0 Å². The van der Waals surface area contributed by atoms with Crippen LogP contribution < -0.4 is 16.4 Å². The highest BCUT2D eigenvalue weighted by Gasteiger charge is 2.42. The number of nitrogens with two attached hydrogens (primary N) is 1. The second kappa shape index (κ2) is 5.64. The van der Waals surface area contributed by atoms with Crippen molar-refractivity contribution >= 4 is 5.91 Å². The highest BCUT2D eigenvalue weighted by molar-refractivity contribution is 5.82. The largest absolute Gasteiger partial charge is 0.355 e. The number of rotatable bonds is 5. The van der Waals surface area contributed by atoms with Crippen LogP contribution in [0.1, 0.15) is 32.1 Å². The standard InChI is InChI=1S/C12H23N3O/c13-6-1-2-7-14-12(16)11-10-5-3-4-9(10)8-15-11/h9-11,15H,1-8,13H2,(H,14,16). The molecule has 0 aromatic rings. The minimum absolute atomic E-state index is 0.0744. The van der Waals surface area contributed by atoms with Gasteiger partial charge in [-0.3, -0.25) is 4.79 Å². The summed E-state index contributed by atoms with van der Waals surface area (Å²) in [6.45, 7) is 2.51. The number of fused-ring (bicyclic) bond motifs is 1. The summed E-state index contributed by atoms with van der Waals surface area (Å²) < 4.78 is 0. The van der Waals surface area contributed by atoms with Gasteiger partial charge in [-0.25, -0.2) is 0 Å².